The van der Waals surface area contributed by atoms with E-state index in [0.29, 0.717) is 32.9 Å². The topological polar surface area (TPSA) is 71.0 Å². The number of unbranched alkanes of at least 4 members (excludes halogenated alkanes) is 1. The highest BCUT2D eigenvalue weighted by Crippen LogP contribution is 2.21. The van der Waals surface area contributed by atoms with Crippen molar-refractivity contribution in [3.63, 3.8) is 0 Å². The molecule has 1 aromatic carbocycles. The molecule has 0 aliphatic carbocycles. The number of hydrogen-bond acceptors (Lipinski definition) is 5. The molecule has 0 amide bonds. The first-order valence-corrected chi connectivity index (χ1v) is 10.3. The number of rotatable bonds is 12. The Morgan fingerprint density at radius 3 is 2.55 bits per heavy atom. The monoisotopic (exact) mass is 401 g/mol. The average molecular weight is 402 g/mol. The molecule has 0 aliphatic rings. The lowest BCUT2D eigenvalue weighted by Gasteiger charge is -2.17. The molecule has 2 aromatic rings. The van der Waals surface area contributed by atoms with Crippen molar-refractivity contribution >= 4 is 22.7 Å². The molecule has 0 aliphatic heterocycles. The van der Waals surface area contributed by atoms with Crippen molar-refractivity contribution in [1.82, 2.24) is 15.6 Å². The van der Waals surface area contributed by atoms with Crippen LogP contribution in [-0.2, 0) is 16.0 Å². The molecule has 0 radical (unpaired) electrons. The highest BCUT2D eigenvalue weighted by atomic mass is 16.5. The number of hydrogen-bond donors (Lipinski definition) is 2. The molecule has 7 heteroatoms. The number of nitrogens with one attached hydrogen (secondary N) is 2. The first-order chi connectivity index (χ1) is 14.2. The van der Waals surface area contributed by atoms with Gasteiger partial charge in [-0.1, -0.05) is 31.5 Å². The Morgan fingerprint density at radius 2 is 1.83 bits per heavy atom. The summed E-state index contributed by atoms with van der Waals surface area (Å²) >= 11 is 0. The van der Waals surface area contributed by atoms with Crippen LogP contribution in [0.3, 0.4) is 0 Å². The molecular formula is C22H35N5O2. The van der Waals surface area contributed by atoms with E-state index in [2.05, 4.69) is 34.7 Å². The Hall–Kier alpha value is -2.38. The molecule has 0 atom stereocenters. The van der Waals surface area contributed by atoms with Crippen LogP contribution in [-0.4, -0.2) is 65.1 Å². The van der Waals surface area contributed by atoms with Crippen molar-refractivity contribution in [2.45, 2.75) is 26.3 Å². The second-order valence-electron chi connectivity index (χ2n) is 6.98. The third-order valence-electron chi connectivity index (χ3n) is 4.47. The second-order valence-corrected chi connectivity index (χ2v) is 6.98. The summed E-state index contributed by atoms with van der Waals surface area (Å²) in [5, 5.41) is 7.81. The third-order valence-corrected chi connectivity index (χ3v) is 4.47. The van der Waals surface area contributed by atoms with Crippen molar-refractivity contribution in [2.24, 2.45) is 4.99 Å². The Morgan fingerprint density at radius 1 is 1.07 bits per heavy atom. The minimum atomic E-state index is 0.612. The Balaban J connectivity index is 1.79. The fraction of sp³-hybridized carbons (Fsp3) is 0.545. The van der Waals surface area contributed by atoms with Crippen molar-refractivity contribution in [3.05, 3.63) is 35.9 Å². The molecule has 1 heterocycles. The number of aromatic nitrogens is 1. The zero-order chi connectivity index (χ0) is 20.9. The van der Waals surface area contributed by atoms with Crippen molar-refractivity contribution in [2.75, 3.05) is 59.0 Å². The van der Waals surface area contributed by atoms with Crippen LogP contribution in [0, 0.1) is 0 Å². The number of ether oxygens (including phenoxy) is 2. The largest absolute Gasteiger partial charge is 0.379 e. The van der Waals surface area contributed by atoms with Gasteiger partial charge in [-0.25, -0.2) is 4.98 Å². The standard InChI is InChI=1S/C22H35N5O2/c1-5-6-12-28-14-15-29-13-11-24-22(23-2)25-17-18-16-21(27(3)4)26-20-10-8-7-9-19(18)20/h7-10,16H,5-6,11-15,17H2,1-4H3,(H2,23,24,25). The van der Waals surface area contributed by atoms with Crippen LogP contribution in [0.1, 0.15) is 25.3 Å². The van der Waals surface area contributed by atoms with Crippen LogP contribution >= 0.6 is 0 Å². The van der Waals surface area contributed by atoms with Crippen LogP contribution in [0.4, 0.5) is 5.82 Å². The first kappa shape index (κ1) is 22.9. The Labute approximate surface area is 174 Å². The van der Waals surface area contributed by atoms with E-state index in [4.69, 9.17) is 14.5 Å². The van der Waals surface area contributed by atoms with E-state index >= 15 is 0 Å². The van der Waals surface area contributed by atoms with Gasteiger partial charge in [0.2, 0.25) is 0 Å². The number of guanidine groups is 1. The molecule has 0 unspecified atom stereocenters. The van der Waals surface area contributed by atoms with E-state index in [-0.39, 0.29) is 0 Å². The molecule has 2 rings (SSSR count). The average Bonchev–Trinajstić information content (AvgIpc) is 2.74. The maximum Gasteiger partial charge on any atom is 0.191 e. The lowest BCUT2D eigenvalue weighted by Crippen LogP contribution is -2.38. The van der Waals surface area contributed by atoms with Crippen molar-refractivity contribution < 1.29 is 9.47 Å². The smallest absolute Gasteiger partial charge is 0.191 e. The Kier molecular flexibility index (Phi) is 10.2. The van der Waals surface area contributed by atoms with Crippen LogP contribution in [0.2, 0.25) is 0 Å². The van der Waals surface area contributed by atoms with E-state index in [1.807, 2.05) is 37.2 Å². The van der Waals surface area contributed by atoms with Gasteiger partial charge in [0, 0.05) is 46.2 Å². The lowest BCUT2D eigenvalue weighted by atomic mass is 10.1. The third kappa shape index (κ3) is 7.87. The summed E-state index contributed by atoms with van der Waals surface area (Å²) < 4.78 is 11.1. The van der Waals surface area contributed by atoms with E-state index in [1.54, 1.807) is 7.05 Å². The predicted octanol–water partition coefficient (Wildman–Crippen LogP) is 2.80. The normalized spacial score (nSPS) is 11.7. The summed E-state index contributed by atoms with van der Waals surface area (Å²) in [4.78, 5) is 11.0. The highest BCUT2D eigenvalue weighted by Gasteiger charge is 2.08. The molecule has 1 aromatic heterocycles. The number of benzene rings is 1. The van der Waals surface area contributed by atoms with Gasteiger partial charge in [-0.2, -0.15) is 0 Å². The maximum absolute atomic E-state index is 5.59. The summed E-state index contributed by atoms with van der Waals surface area (Å²) in [5.41, 5.74) is 2.18. The number of pyridine rings is 1. The van der Waals surface area contributed by atoms with Gasteiger partial charge in [-0.3, -0.25) is 4.99 Å². The fourth-order valence-electron chi connectivity index (χ4n) is 2.82. The molecule has 29 heavy (non-hydrogen) atoms. The van der Waals surface area contributed by atoms with Gasteiger partial charge < -0.3 is 25.0 Å². The van der Waals surface area contributed by atoms with E-state index < -0.39 is 0 Å². The van der Waals surface area contributed by atoms with E-state index in [0.717, 1.165) is 42.1 Å². The van der Waals surface area contributed by atoms with Gasteiger partial charge in [0.1, 0.15) is 5.82 Å². The summed E-state index contributed by atoms with van der Waals surface area (Å²) in [7, 11) is 5.78. The molecule has 2 N–H and O–H groups in total. The molecule has 7 nitrogen and oxygen atoms in total. The van der Waals surface area contributed by atoms with Crippen LogP contribution < -0.4 is 15.5 Å². The SMILES string of the molecule is CCCCOCCOCCNC(=NC)NCc1cc(N(C)C)nc2ccccc12. The van der Waals surface area contributed by atoms with Gasteiger partial charge in [0.15, 0.2) is 5.96 Å². The summed E-state index contributed by atoms with van der Waals surface area (Å²) in [6, 6.07) is 10.3. The number of anilines is 1. The van der Waals surface area contributed by atoms with Crippen molar-refractivity contribution in [3.8, 4) is 0 Å². The maximum atomic E-state index is 5.59. The summed E-state index contributed by atoms with van der Waals surface area (Å²) in [5.74, 6) is 1.69. The van der Waals surface area contributed by atoms with Gasteiger partial charge >= 0.3 is 0 Å². The van der Waals surface area contributed by atoms with Crippen LogP contribution in [0.25, 0.3) is 10.9 Å². The van der Waals surface area contributed by atoms with Gasteiger partial charge in [0.05, 0.1) is 25.3 Å². The zero-order valence-electron chi connectivity index (χ0n) is 18.2. The molecule has 160 valence electrons. The summed E-state index contributed by atoms with van der Waals surface area (Å²) in [6.07, 6.45) is 2.26. The quantitative estimate of drug-likeness (QED) is 0.324. The zero-order valence-corrected chi connectivity index (χ0v) is 18.2. The van der Waals surface area contributed by atoms with E-state index in [1.165, 1.54) is 5.56 Å². The second kappa shape index (κ2) is 13.0. The molecule has 0 saturated carbocycles. The van der Waals surface area contributed by atoms with Gasteiger partial charge in [-0.15, -0.1) is 0 Å². The van der Waals surface area contributed by atoms with Crippen LogP contribution in [0.15, 0.2) is 35.3 Å². The Bertz CT molecular complexity index is 764. The fourth-order valence-corrected chi connectivity index (χ4v) is 2.82. The lowest BCUT2D eigenvalue weighted by molar-refractivity contribution is 0.0487. The number of para-hydroxylation sites is 1. The van der Waals surface area contributed by atoms with Crippen LogP contribution in [0.5, 0.6) is 0 Å². The summed E-state index contributed by atoms with van der Waals surface area (Å²) in [6.45, 7) is 6.20. The first-order valence-electron chi connectivity index (χ1n) is 10.3. The minimum absolute atomic E-state index is 0.612. The van der Waals surface area contributed by atoms with Crippen molar-refractivity contribution in [1.29, 1.82) is 0 Å². The molecule has 0 saturated heterocycles. The molecule has 0 bridgehead atoms. The molecule has 0 spiro atoms. The van der Waals surface area contributed by atoms with E-state index in [9.17, 15) is 0 Å². The highest BCUT2D eigenvalue weighted by molar-refractivity contribution is 5.85. The number of aliphatic imine (C=N–C) groups is 1. The number of nitrogens with zero attached hydrogens (tertiary/aromatic N) is 3. The van der Waals surface area contributed by atoms with Gasteiger partial charge in [-0.05, 0) is 24.1 Å². The van der Waals surface area contributed by atoms with Gasteiger partial charge in [0.25, 0.3) is 0 Å². The molecular weight excluding hydrogens is 366 g/mol. The molecule has 0 fully saturated rings. The minimum Gasteiger partial charge on any atom is -0.379 e. The number of fused-ring (bicyclic) bond motifs is 1. The predicted molar refractivity (Wildman–Crippen MR) is 121 cm³/mol.